The summed E-state index contributed by atoms with van der Waals surface area (Å²) in [6, 6.07) is 8.06. The number of nitrogens with zero attached hydrogens (tertiary/aromatic N) is 2. The topological polar surface area (TPSA) is 24.7 Å². The van der Waals surface area contributed by atoms with Crippen LogP contribution in [0.25, 0.3) is 0 Å². The van der Waals surface area contributed by atoms with Crippen LogP contribution in [0.1, 0.15) is 18.5 Å². The minimum absolute atomic E-state index is 0.207. The molecule has 0 spiro atoms. The number of benzene rings is 1. The highest BCUT2D eigenvalue weighted by atomic mass is 35.5. The molecule has 1 aromatic rings. The van der Waals surface area contributed by atoms with Gasteiger partial charge in [0.1, 0.15) is 6.04 Å². The first kappa shape index (κ1) is 8.70. The largest absolute Gasteiger partial charge is 0.193 e. The normalized spacial score (nSPS) is 26.6. The van der Waals surface area contributed by atoms with Gasteiger partial charge in [0.15, 0.2) is 0 Å². The smallest absolute Gasteiger partial charge is 0.100 e. The number of hydrogen-bond donors (Lipinski definition) is 0. The molecule has 13 heavy (non-hydrogen) atoms. The van der Waals surface area contributed by atoms with Crippen molar-refractivity contribution in [3.8, 4) is 0 Å². The van der Waals surface area contributed by atoms with Crippen LogP contribution < -0.4 is 0 Å². The summed E-state index contributed by atoms with van der Waals surface area (Å²) in [4.78, 5) is 0. The minimum Gasteiger partial charge on any atom is -0.193 e. The first-order valence-electron chi connectivity index (χ1n) is 4.39. The van der Waals surface area contributed by atoms with Crippen molar-refractivity contribution in [2.24, 2.45) is 16.1 Å². The summed E-state index contributed by atoms with van der Waals surface area (Å²) in [5.41, 5.74) is 1.17. The van der Waals surface area contributed by atoms with Crippen molar-refractivity contribution in [3.05, 3.63) is 34.9 Å². The molecule has 0 bridgehead atoms. The third-order valence-electron chi connectivity index (χ3n) is 2.30. The van der Waals surface area contributed by atoms with Crippen molar-refractivity contribution in [2.45, 2.75) is 13.0 Å². The maximum Gasteiger partial charge on any atom is 0.100 e. The summed E-state index contributed by atoms with van der Waals surface area (Å²) in [5.74, 6) is 0.499. The summed E-state index contributed by atoms with van der Waals surface area (Å²) in [6.07, 6.45) is 0. The van der Waals surface area contributed by atoms with Gasteiger partial charge in [0.25, 0.3) is 0 Å². The molecule has 0 radical (unpaired) electrons. The first-order chi connectivity index (χ1) is 6.27. The lowest BCUT2D eigenvalue weighted by Gasteiger charge is -2.11. The quantitative estimate of drug-likeness (QED) is 0.654. The second kappa shape index (κ2) is 3.46. The summed E-state index contributed by atoms with van der Waals surface area (Å²) in [7, 11) is 0. The predicted molar refractivity (Wildman–Crippen MR) is 53.1 cm³/mol. The molecule has 0 aliphatic carbocycles. The van der Waals surface area contributed by atoms with Gasteiger partial charge in [0.05, 0.1) is 6.54 Å². The van der Waals surface area contributed by atoms with Crippen LogP contribution >= 0.6 is 11.6 Å². The molecule has 2 rings (SSSR count). The standard InChI is InChI=1S/C10H11ClN2/c1-7-6-12-13-10(7)8-3-2-4-9(11)5-8/h2-5,7,10H,6H2,1H3. The zero-order chi connectivity index (χ0) is 9.26. The molecule has 3 heteroatoms. The Morgan fingerprint density at radius 1 is 1.46 bits per heavy atom. The van der Waals surface area contributed by atoms with Gasteiger partial charge in [0, 0.05) is 10.9 Å². The SMILES string of the molecule is CC1CN=NC1c1cccc(Cl)c1. The zero-order valence-electron chi connectivity index (χ0n) is 7.44. The van der Waals surface area contributed by atoms with E-state index in [-0.39, 0.29) is 6.04 Å². The lowest BCUT2D eigenvalue weighted by Crippen LogP contribution is -2.04. The van der Waals surface area contributed by atoms with E-state index < -0.39 is 0 Å². The van der Waals surface area contributed by atoms with Crippen molar-refractivity contribution in [2.75, 3.05) is 6.54 Å². The van der Waals surface area contributed by atoms with Crippen LogP contribution in [0.15, 0.2) is 34.5 Å². The Kier molecular flexibility index (Phi) is 2.32. The Morgan fingerprint density at radius 3 is 2.92 bits per heavy atom. The van der Waals surface area contributed by atoms with E-state index in [1.165, 1.54) is 5.56 Å². The zero-order valence-corrected chi connectivity index (χ0v) is 8.20. The van der Waals surface area contributed by atoms with Gasteiger partial charge in [-0.15, -0.1) is 0 Å². The Balaban J connectivity index is 2.29. The predicted octanol–water partition coefficient (Wildman–Crippen LogP) is 3.48. The van der Waals surface area contributed by atoms with Crippen LogP contribution in [0.5, 0.6) is 0 Å². The van der Waals surface area contributed by atoms with Gasteiger partial charge in [0.2, 0.25) is 0 Å². The van der Waals surface area contributed by atoms with Crippen molar-refractivity contribution >= 4 is 11.6 Å². The monoisotopic (exact) mass is 194 g/mol. The molecule has 68 valence electrons. The van der Waals surface area contributed by atoms with Gasteiger partial charge < -0.3 is 0 Å². The highest BCUT2D eigenvalue weighted by Gasteiger charge is 2.22. The van der Waals surface area contributed by atoms with Gasteiger partial charge >= 0.3 is 0 Å². The van der Waals surface area contributed by atoms with Gasteiger partial charge in [-0.25, -0.2) is 0 Å². The Labute approximate surface area is 82.6 Å². The average Bonchev–Trinajstić information content (AvgIpc) is 2.51. The lowest BCUT2D eigenvalue weighted by atomic mass is 9.97. The number of halogens is 1. The highest BCUT2D eigenvalue weighted by Crippen LogP contribution is 2.32. The van der Waals surface area contributed by atoms with Crippen molar-refractivity contribution in [3.63, 3.8) is 0 Å². The van der Waals surface area contributed by atoms with Crippen LogP contribution in [-0.4, -0.2) is 6.54 Å². The van der Waals surface area contributed by atoms with Crippen LogP contribution in [-0.2, 0) is 0 Å². The lowest BCUT2D eigenvalue weighted by molar-refractivity contribution is 0.546. The summed E-state index contributed by atoms with van der Waals surface area (Å²) >= 11 is 5.90. The van der Waals surface area contributed by atoms with Crippen molar-refractivity contribution < 1.29 is 0 Å². The van der Waals surface area contributed by atoms with E-state index in [1.54, 1.807) is 0 Å². The second-order valence-electron chi connectivity index (χ2n) is 3.42. The number of rotatable bonds is 1. The van der Waals surface area contributed by atoms with Gasteiger partial charge in [-0.1, -0.05) is 30.7 Å². The molecular formula is C10H11ClN2. The summed E-state index contributed by atoms with van der Waals surface area (Å²) < 4.78 is 0. The fourth-order valence-electron chi connectivity index (χ4n) is 1.56. The molecule has 2 unspecified atom stereocenters. The van der Waals surface area contributed by atoms with Crippen molar-refractivity contribution in [1.29, 1.82) is 0 Å². The van der Waals surface area contributed by atoms with Crippen LogP contribution in [0, 0.1) is 5.92 Å². The van der Waals surface area contributed by atoms with Crippen molar-refractivity contribution in [1.82, 2.24) is 0 Å². The summed E-state index contributed by atoms with van der Waals surface area (Å²) in [5, 5.41) is 9.00. The van der Waals surface area contributed by atoms with E-state index in [0.29, 0.717) is 5.92 Å². The maximum atomic E-state index is 5.90. The molecule has 1 aliphatic heterocycles. The number of azo groups is 1. The van der Waals surface area contributed by atoms with Gasteiger partial charge in [-0.3, -0.25) is 0 Å². The molecule has 0 N–H and O–H groups in total. The van der Waals surface area contributed by atoms with Crippen LogP contribution in [0.3, 0.4) is 0 Å². The van der Waals surface area contributed by atoms with E-state index in [9.17, 15) is 0 Å². The first-order valence-corrected chi connectivity index (χ1v) is 4.77. The molecule has 1 heterocycles. The van der Waals surface area contributed by atoms with E-state index in [0.717, 1.165) is 11.6 Å². The third kappa shape index (κ3) is 1.73. The Morgan fingerprint density at radius 2 is 2.31 bits per heavy atom. The van der Waals surface area contributed by atoms with Gasteiger partial charge in [-0.2, -0.15) is 10.2 Å². The molecule has 0 aromatic heterocycles. The molecular weight excluding hydrogens is 184 g/mol. The molecule has 0 saturated heterocycles. The van der Waals surface area contributed by atoms with E-state index in [1.807, 2.05) is 18.2 Å². The van der Waals surface area contributed by atoms with Crippen LogP contribution in [0.2, 0.25) is 5.02 Å². The maximum absolute atomic E-state index is 5.90. The van der Waals surface area contributed by atoms with E-state index >= 15 is 0 Å². The van der Waals surface area contributed by atoms with E-state index in [2.05, 4.69) is 23.2 Å². The fraction of sp³-hybridized carbons (Fsp3) is 0.400. The summed E-state index contributed by atoms with van der Waals surface area (Å²) in [6.45, 7) is 2.99. The highest BCUT2D eigenvalue weighted by molar-refractivity contribution is 6.30. The molecule has 2 nitrogen and oxygen atoms in total. The van der Waals surface area contributed by atoms with E-state index in [4.69, 9.17) is 11.6 Å². The Hall–Kier alpha value is -0.890. The molecule has 2 atom stereocenters. The Bertz CT molecular complexity index is 335. The minimum atomic E-state index is 0.207. The molecule has 0 saturated carbocycles. The molecule has 1 aliphatic rings. The number of hydrogen-bond acceptors (Lipinski definition) is 2. The van der Waals surface area contributed by atoms with Crippen LogP contribution in [0.4, 0.5) is 0 Å². The molecule has 0 amide bonds. The molecule has 1 aromatic carbocycles. The average molecular weight is 195 g/mol. The van der Waals surface area contributed by atoms with Gasteiger partial charge in [-0.05, 0) is 17.7 Å². The molecule has 0 fully saturated rings. The fourth-order valence-corrected chi connectivity index (χ4v) is 1.76. The second-order valence-corrected chi connectivity index (χ2v) is 3.85. The third-order valence-corrected chi connectivity index (χ3v) is 2.54.